The van der Waals surface area contributed by atoms with Crippen LogP contribution in [0.15, 0.2) is 0 Å². The van der Waals surface area contributed by atoms with Crippen LogP contribution in [0, 0.1) is 277 Å². The Balaban J connectivity index is 1.24. The molecule has 0 amide bonds. The Bertz CT molecular complexity index is 3690. The van der Waals surface area contributed by atoms with Crippen LogP contribution in [0.25, 0.3) is 111 Å². The zero-order valence-electron chi connectivity index (χ0n) is 70.0. The largest absolute Gasteiger partial charge is 0.0394 e. The maximum atomic E-state index is 2.42. The van der Waals surface area contributed by atoms with Crippen LogP contribution >= 0.6 is 0 Å². The molecule has 0 radical (unpaired) electrons. The van der Waals surface area contributed by atoms with Gasteiger partial charge in [-0.15, -0.1) is 0 Å². The molecule has 0 saturated heterocycles. The molecule has 0 fully saturated rings. The lowest BCUT2D eigenvalue weighted by Gasteiger charge is -2.31. The molecule has 520 valence electrons. The molecule has 0 saturated carbocycles. The fourth-order valence-electron chi connectivity index (χ4n) is 20.6. The van der Waals surface area contributed by atoms with Gasteiger partial charge in [-0.25, -0.2) is 0 Å². The van der Waals surface area contributed by atoms with Crippen LogP contribution in [0.5, 0.6) is 0 Å². The van der Waals surface area contributed by atoms with Crippen molar-refractivity contribution in [3.63, 3.8) is 0 Å². The van der Waals surface area contributed by atoms with E-state index in [-0.39, 0.29) is 0 Å². The van der Waals surface area contributed by atoms with E-state index in [1.807, 2.05) is 0 Å². The molecule has 10 aromatic carbocycles. The topological polar surface area (TPSA) is 0 Å². The molecule has 20 bridgehead atoms. The summed E-state index contributed by atoms with van der Waals surface area (Å²) in [5, 5.41) is 0. The molecule has 0 spiro atoms. The highest BCUT2D eigenvalue weighted by atomic mass is 14.4. The van der Waals surface area contributed by atoms with Crippen LogP contribution in [0.2, 0.25) is 0 Å². The standard InChI is InChI=1S/C100H120/c1-41-42(2)82-44(4)43(3)81(41)83-45(5)47(7)85(48(8)46(83)6)87-53(13)55(15)89(56(16)54(87)14)91-61(21)63(23)93(64(24)62(91)22)95-69(29)71(31)97(72(32)70(95)30)99-77(37)79(39)100(80(40)78(99)38)98-75(35)73(33)96(74(34)76(98)36)94-67(27)65(25)92(66(26)68(94)28)90-59(19)57(17)88(58(18)60(90)20)86-51(11)49(9)84(82)50(10)52(86)12/h1-40H3. The Morgan fingerprint density at radius 2 is 0.0700 bits per heavy atom. The van der Waals surface area contributed by atoms with Crippen molar-refractivity contribution in [2.24, 2.45) is 0 Å². The van der Waals surface area contributed by atoms with Crippen molar-refractivity contribution < 1.29 is 0 Å². The Morgan fingerprint density at radius 3 is 0.0900 bits per heavy atom. The predicted octanol–water partition coefficient (Wildman–Crippen LogP) is 29.0. The Labute approximate surface area is 607 Å². The maximum Gasteiger partial charge on any atom is -0.0114 e. The van der Waals surface area contributed by atoms with Crippen molar-refractivity contribution in [3.05, 3.63) is 223 Å². The van der Waals surface area contributed by atoms with Gasteiger partial charge in [0.05, 0.1) is 0 Å². The third-order valence-electron chi connectivity index (χ3n) is 28.8. The smallest absolute Gasteiger partial charge is 0.0114 e. The van der Waals surface area contributed by atoms with E-state index in [0.717, 1.165) is 0 Å². The molecule has 10 aromatic rings. The first-order valence-corrected chi connectivity index (χ1v) is 37.5. The summed E-state index contributed by atoms with van der Waals surface area (Å²) >= 11 is 0. The fraction of sp³-hybridized carbons (Fsp3) is 0.400. The zero-order valence-corrected chi connectivity index (χ0v) is 70.0. The first-order chi connectivity index (χ1) is 46.4. The van der Waals surface area contributed by atoms with Crippen molar-refractivity contribution >= 4 is 0 Å². The van der Waals surface area contributed by atoms with Crippen molar-refractivity contribution in [1.82, 2.24) is 0 Å². The first kappa shape index (κ1) is 73.4. The molecule has 0 unspecified atom stereocenters. The van der Waals surface area contributed by atoms with Crippen molar-refractivity contribution in [1.29, 1.82) is 0 Å². The Hall–Kier alpha value is -7.80. The Morgan fingerprint density at radius 1 is 0.0500 bits per heavy atom. The van der Waals surface area contributed by atoms with Gasteiger partial charge in [0.1, 0.15) is 0 Å². The summed E-state index contributed by atoms with van der Waals surface area (Å²) in [6, 6.07) is 0. The minimum atomic E-state index is 1.38. The number of rotatable bonds is 0. The van der Waals surface area contributed by atoms with Crippen LogP contribution in [0.1, 0.15) is 223 Å². The second kappa shape index (κ2) is 25.0. The molecule has 28 aliphatic carbocycles. The van der Waals surface area contributed by atoms with Crippen LogP contribution < -0.4 is 0 Å². The SMILES string of the molecule is Cc1c(C)c2c(C)c(C)c1-c1c(C)c(C)c(c(C)c1C)-c1c(C)c(C)c(c(C)c1C)-c1c(C)c(C)c(c(C)c1C)-c1c(C)c(C)c(c(C)c1C)-c1c(C)c(C)c(c(C)c1C)-c1c(C)c(C)c(c(C)c1C)-c1c(C)c(C)c(c(C)c1C)-c1c(C)c(C)c(c(C)c1C)-c1c(C)c(C)c-2c(C)c1C. The molecule has 0 heterocycles. The van der Waals surface area contributed by atoms with E-state index in [9.17, 15) is 0 Å². The van der Waals surface area contributed by atoms with E-state index in [4.69, 9.17) is 0 Å². The third kappa shape index (κ3) is 9.69. The molecular weight excluding hydrogens is 1200 g/mol. The number of benzene rings is 10. The fourth-order valence-corrected chi connectivity index (χ4v) is 20.6. The monoisotopic (exact) mass is 1320 g/mol. The predicted molar refractivity (Wildman–Crippen MR) is 444 cm³/mol. The highest BCUT2D eigenvalue weighted by molar-refractivity contribution is 5.99. The van der Waals surface area contributed by atoms with Gasteiger partial charge in [0, 0.05) is 0 Å². The molecule has 0 N–H and O–H groups in total. The van der Waals surface area contributed by atoms with E-state index in [2.05, 4.69) is 277 Å². The molecule has 28 aliphatic rings. The summed E-state index contributed by atoms with van der Waals surface area (Å²) in [4.78, 5) is 0. The molecule has 0 aromatic heterocycles. The molecule has 0 atom stereocenters. The maximum absolute atomic E-state index is 2.42. The highest BCUT2D eigenvalue weighted by Gasteiger charge is 2.34. The minimum absolute atomic E-state index is 1.38. The summed E-state index contributed by atoms with van der Waals surface area (Å²) in [5.41, 5.74) is 83.4. The zero-order chi connectivity index (χ0) is 74.6. The van der Waals surface area contributed by atoms with E-state index >= 15 is 0 Å². The first-order valence-electron chi connectivity index (χ1n) is 37.5. The lowest BCUT2D eigenvalue weighted by atomic mass is 9.72. The van der Waals surface area contributed by atoms with Gasteiger partial charge in [0.15, 0.2) is 0 Å². The molecule has 0 nitrogen and oxygen atoms in total. The number of hydrogen-bond acceptors (Lipinski definition) is 0. The molecule has 0 heteroatoms. The summed E-state index contributed by atoms with van der Waals surface area (Å²) in [6.45, 7) is 96.6. The van der Waals surface area contributed by atoms with Gasteiger partial charge in [-0.2, -0.15) is 0 Å². The van der Waals surface area contributed by atoms with E-state index in [0.29, 0.717) is 0 Å². The van der Waals surface area contributed by atoms with Crippen molar-refractivity contribution in [3.8, 4) is 111 Å². The number of hydrogen-bond donors (Lipinski definition) is 0. The highest BCUT2D eigenvalue weighted by Crippen LogP contribution is 2.56. The van der Waals surface area contributed by atoms with Gasteiger partial charge in [-0.05, 0) is 611 Å². The lowest BCUT2D eigenvalue weighted by molar-refractivity contribution is 1.16. The van der Waals surface area contributed by atoms with Gasteiger partial charge in [-0.1, -0.05) is 0 Å². The van der Waals surface area contributed by atoms with Crippen LogP contribution in [0.3, 0.4) is 0 Å². The summed E-state index contributed by atoms with van der Waals surface area (Å²) < 4.78 is 0. The van der Waals surface area contributed by atoms with Crippen LogP contribution in [-0.4, -0.2) is 0 Å². The van der Waals surface area contributed by atoms with Gasteiger partial charge in [-0.3, -0.25) is 0 Å². The van der Waals surface area contributed by atoms with Gasteiger partial charge < -0.3 is 0 Å². The normalized spacial score (nSPS) is 12.0. The van der Waals surface area contributed by atoms with Gasteiger partial charge in [0.2, 0.25) is 0 Å². The summed E-state index contributed by atoms with van der Waals surface area (Å²) in [6.07, 6.45) is 0. The van der Waals surface area contributed by atoms with Crippen molar-refractivity contribution in [2.45, 2.75) is 277 Å². The average molecular weight is 1320 g/mol. The lowest BCUT2D eigenvalue weighted by Crippen LogP contribution is -2.10. The summed E-state index contributed by atoms with van der Waals surface area (Å²) in [5.74, 6) is 0. The van der Waals surface area contributed by atoms with Gasteiger partial charge >= 0.3 is 0 Å². The molecule has 100 heavy (non-hydrogen) atoms. The van der Waals surface area contributed by atoms with Crippen molar-refractivity contribution in [2.75, 3.05) is 0 Å². The second-order valence-corrected chi connectivity index (χ2v) is 32.5. The second-order valence-electron chi connectivity index (χ2n) is 32.5. The van der Waals surface area contributed by atoms with E-state index in [1.165, 1.54) is 334 Å². The average Bonchev–Trinajstić information content (AvgIpc) is 0.726. The molecule has 0 aliphatic heterocycles. The van der Waals surface area contributed by atoms with Gasteiger partial charge in [0.25, 0.3) is 0 Å². The van der Waals surface area contributed by atoms with Crippen LogP contribution in [0.4, 0.5) is 0 Å². The minimum Gasteiger partial charge on any atom is -0.0394 e. The third-order valence-corrected chi connectivity index (χ3v) is 28.8. The van der Waals surface area contributed by atoms with Crippen LogP contribution in [-0.2, 0) is 0 Å². The molecule has 38 rings (SSSR count). The van der Waals surface area contributed by atoms with E-state index < -0.39 is 0 Å². The molecular formula is C100H120. The quantitative estimate of drug-likeness (QED) is 0.142. The van der Waals surface area contributed by atoms with E-state index in [1.54, 1.807) is 0 Å². The summed E-state index contributed by atoms with van der Waals surface area (Å²) in [7, 11) is 0. The Kier molecular flexibility index (Phi) is 18.4.